The molecular formula is C29H30N4O4S2. The van der Waals surface area contributed by atoms with Crippen molar-refractivity contribution in [1.29, 1.82) is 0 Å². The second-order valence-corrected chi connectivity index (χ2v) is 12.3. The van der Waals surface area contributed by atoms with Crippen molar-refractivity contribution in [3.8, 4) is 5.69 Å². The molecule has 8 nitrogen and oxygen atoms in total. The van der Waals surface area contributed by atoms with E-state index in [1.807, 2.05) is 30.3 Å². The van der Waals surface area contributed by atoms with Gasteiger partial charge in [0.25, 0.3) is 5.56 Å². The largest absolute Gasteiger partial charge is 0.325 e. The van der Waals surface area contributed by atoms with Crippen LogP contribution in [0.5, 0.6) is 0 Å². The molecular weight excluding hydrogens is 532 g/mol. The fourth-order valence-electron chi connectivity index (χ4n) is 4.61. The number of piperidine rings is 1. The molecule has 5 rings (SSSR count). The van der Waals surface area contributed by atoms with E-state index < -0.39 is 10.0 Å². The van der Waals surface area contributed by atoms with E-state index in [1.54, 1.807) is 34.9 Å². The molecule has 202 valence electrons. The third kappa shape index (κ3) is 5.93. The van der Waals surface area contributed by atoms with Crippen molar-refractivity contribution in [1.82, 2.24) is 13.9 Å². The number of benzene rings is 3. The molecule has 3 aromatic carbocycles. The van der Waals surface area contributed by atoms with Crippen LogP contribution in [-0.2, 0) is 21.2 Å². The van der Waals surface area contributed by atoms with Crippen LogP contribution in [0.4, 0.5) is 5.69 Å². The van der Waals surface area contributed by atoms with Crippen LogP contribution < -0.4 is 10.9 Å². The molecule has 2 heterocycles. The monoisotopic (exact) mass is 562 g/mol. The topological polar surface area (TPSA) is 101 Å². The van der Waals surface area contributed by atoms with Crippen molar-refractivity contribution in [2.24, 2.45) is 0 Å². The molecule has 0 atom stereocenters. The van der Waals surface area contributed by atoms with Gasteiger partial charge < -0.3 is 5.32 Å². The molecule has 0 aliphatic carbocycles. The van der Waals surface area contributed by atoms with Gasteiger partial charge in [0.1, 0.15) is 0 Å². The normalized spacial score (nSPS) is 14.4. The number of nitrogens with one attached hydrogen (secondary N) is 1. The molecule has 0 spiro atoms. The maximum Gasteiger partial charge on any atom is 0.266 e. The summed E-state index contributed by atoms with van der Waals surface area (Å²) in [5, 5.41) is 3.74. The number of carbonyl (C=O) groups is 1. The zero-order chi connectivity index (χ0) is 27.4. The van der Waals surface area contributed by atoms with Gasteiger partial charge in [0.15, 0.2) is 5.16 Å². The van der Waals surface area contributed by atoms with Gasteiger partial charge in [-0.15, -0.1) is 0 Å². The SMILES string of the molecule is CCc1ccc(-n2c(SCC(=O)Nc3ccc(S(=O)(=O)N4CCCCC4)cc3)nc3ccccc3c2=O)cc1. The zero-order valence-corrected chi connectivity index (χ0v) is 23.3. The van der Waals surface area contributed by atoms with Crippen LogP contribution in [0.1, 0.15) is 31.7 Å². The molecule has 0 saturated carbocycles. The summed E-state index contributed by atoms with van der Waals surface area (Å²) >= 11 is 1.17. The summed E-state index contributed by atoms with van der Waals surface area (Å²) in [6.07, 6.45) is 3.67. The lowest BCUT2D eigenvalue weighted by Crippen LogP contribution is -2.35. The number of fused-ring (bicyclic) bond motifs is 1. The molecule has 0 unspecified atom stereocenters. The van der Waals surface area contributed by atoms with Crippen LogP contribution in [0.15, 0.2) is 87.6 Å². The fraction of sp³-hybridized carbons (Fsp3) is 0.276. The van der Waals surface area contributed by atoms with Gasteiger partial charge in [-0.3, -0.25) is 14.2 Å². The predicted molar refractivity (Wildman–Crippen MR) is 155 cm³/mol. The molecule has 1 aliphatic heterocycles. The number of aryl methyl sites for hydroxylation is 1. The summed E-state index contributed by atoms with van der Waals surface area (Å²) < 4.78 is 28.8. The Balaban J connectivity index is 1.33. The van der Waals surface area contributed by atoms with Gasteiger partial charge in [-0.2, -0.15) is 4.31 Å². The Labute approximate surface area is 232 Å². The van der Waals surface area contributed by atoms with Crippen LogP contribution in [-0.4, -0.2) is 47.0 Å². The third-order valence-electron chi connectivity index (χ3n) is 6.77. The van der Waals surface area contributed by atoms with Gasteiger partial charge in [-0.05, 0) is 73.4 Å². The number of para-hydroxylation sites is 1. The van der Waals surface area contributed by atoms with E-state index in [-0.39, 0.29) is 22.1 Å². The molecule has 1 saturated heterocycles. The Morgan fingerprint density at radius 3 is 2.33 bits per heavy atom. The van der Waals surface area contributed by atoms with Gasteiger partial charge in [0.05, 0.1) is 27.2 Å². The van der Waals surface area contributed by atoms with E-state index in [9.17, 15) is 18.0 Å². The zero-order valence-electron chi connectivity index (χ0n) is 21.7. The number of thioether (sulfide) groups is 1. The standard InChI is InChI=1S/C29H30N4O4S2/c1-2-21-10-14-23(15-11-21)33-28(35)25-8-4-5-9-26(25)31-29(33)38-20-27(34)30-22-12-16-24(17-13-22)39(36,37)32-18-6-3-7-19-32/h4-5,8-17H,2-3,6-7,18-20H2,1H3,(H,30,34). The Morgan fingerprint density at radius 1 is 0.949 bits per heavy atom. The van der Waals surface area contributed by atoms with E-state index in [4.69, 9.17) is 4.98 Å². The van der Waals surface area contributed by atoms with Gasteiger partial charge >= 0.3 is 0 Å². The second-order valence-electron chi connectivity index (χ2n) is 9.40. The minimum Gasteiger partial charge on any atom is -0.325 e. The number of amides is 1. The Morgan fingerprint density at radius 2 is 1.64 bits per heavy atom. The van der Waals surface area contributed by atoms with E-state index in [0.29, 0.717) is 40.5 Å². The van der Waals surface area contributed by atoms with Crippen LogP contribution in [0.3, 0.4) is 0 Å². The predicted octanol–water partition coefficient (Wildman–Crippen LogP) is 4.85. The molecule has 0 bridgehead atoms. The summed E-state index contributed by atoms with van der Waals surface area (Å²) in [5.74, 6) is -0.270. The number of hydrogen-bond donors (Lipinski definition) is 1. The van der Waals surface area contributed by atoms with Crippen molar-refractivity contribution in [2.75, 3.05) is 24.2 Å². The fourth-order valence-corrected chi connectivity index (χ4v) is 6.94. The van der Waals surface area contributed by atoms with E-state index in [2.05, 4.69) is 12.2 Å². The lowest BCUT2D eigenvalue weighted by atomic mass is 10.1. The highest BCUT2D eigenvalue weighted by Crippen LogP contribution is 2.24. The number of anilines is 1. The molecule has 10 heteroatoms. The molecule has 39 heavy (non-hydrogen) atoms. The Kier molecular flexibility index (Phi) is 8.15. The first-order chi connectivity index (χ1) is 18.9. The number of sulfonamides is 1. The smallest absolute Gasteiger partial charge is 0.266 e. The van der Waals surface area contributed by atoms with Gasteiger partial charge in [0.2, 0.25) is 15.9 Å². The molecule has 0 radical (unpaired) electrons. The average Bonchev–Trinajstić information content (AvgIpc) is 2.97. The molecule has 1 aliphatic rings. The molecule has 1 fully saturated rings. The Hall–Kier alpha value is -3.47. The van der Waals surface area contributed by atoms with Crippen LogP contribution in [0.2, 0.25) is 0 Å². The van der Waals surface area contributed by atoms with Crippen molar-refractivity contribution in [3.63, 3.8) is 0 Å². The molecule has 1 aromatic heterocycles. The maximum atomic E-state index is 13.4. The first-order valence-corrected chi connectivity index (χ1v) is 15.4. The third-order valence-corrected chi connectivity index (χ3v) is 9.62. The minimum absolute atomic E-state index is 0.0195. The van der Waals surface area contributed by atoms with Gasteiger partial charge in [0, 0.05) is 18.8 Å². The second kappa shape index (κ2) is 11.7. The van der Waals surface area contributed by atoms with Crippen molar-refractivity contribution < 1.29 is 13.2 Å². The van der Waals surface area contributed by atoms with E-state index in [1.165, 1.54) is 28.2 Å². The summed E-state index contributed by atoms with van der Waals surface area (Å²) in [5.41, 5.74) is 2.71. The van der Waals surface area contributed by atoms with Crippen molar-refractivity contribution >= 4 is 44.3 Å². The highest BCUT2D eigenvalue weighted by atomic mass is 32.2. The van der Waals surface area contributed by atoms with Gasteiger partial charge in [-0.25, -0.2) is 13.4 Å². The number of rotatable bonds is 8. The summed E-state index contributed by atoms with van der Waals surface area (Å²) in [6.45, 7) is 3.14. The Bertz CT molecular complexity index is 1640. The highest BCUT2D eigenvalue weighted by Gasteiger charge is 2.25. The van der Waals surface area contributed by atoms with E-state index >= 15 is 0 Å². The van der Waals surface area contributed by atoms with Crippen LogP contribution in [0, 0.1) is 0 Å². The maximum absolute atomic E-state index is 13.4. The van der Waals surface area contributed by atoms with Gasteiger partial charge in [-0.1, -0.05) is 49.4 Å². The molecule has 4 aromatic rings. The first kappa shape index (κ1) is 27.1. The lowest BCUT2D eigenvalue weighted by molar-refractivity contribution is -0.113. The lowest BCUT2D eigenvalue weighted by Gasteiger charge is -2.25. The van der Waals surface area contributed by atoms with Crippen molar-refractivity contribution in [2.45, 2.75) is 42.7 Å². The average molecular weight is 563 g/mol. The summed E-state index contributed by atoms with van der Waals surface area (Å²) in [7, 11) is -3.54. The molecule has 1 N–H and O–H groups in total. The van der Waals surface area contributed by atoms with Crippen LogP contribution >= 0.6 is 11.8 Å². The highest BCUT2D eigenvalue weighted by molar-refractivity contribution is 7.99. The molecule has 1 amide bonds. The minimum atomic E-state index is -3.54. The first-order valence-electron chi connectivity index (χ1n) is 13.0. The summed E-state index contributed by atoms with van der Waals surface area (Å²) in [6, 6.07) is 21.1. The van der Waals surface area contributed by atoms with E-state index in [0.717, 1.165) is 31.2 Å². The van der Waals surface area contributed by atoms with Crippen molar-refractivity contribution in [3.05, 3.63) is 88.7 Å². The number of hydrogen-bond acceptors (Lipinski definition) is 6. The quantitative estimate of drug-likeness (QED) is 0.243. The summed E-state index contributed by atoms with van der Waals surface area (Å²) in [4.78, 5) is 31.2. The number of nitrogens with zero attached hydrogens (tertiary/aromatic N) is 3. The number of carbonyl (C=O) groups excluding carboxylic acids is 1. The van der Waals surface area contributed by atoms with Crippen LogP contribution in [0.25, 0.3) is 16.6 Å². The number of aromatic nitrogens is 2.